The Balaban J connectivity index is 1.33. The quantitative estimate of drug-likeness (QED) is 0.111. The van der Waals surface area contributed by atoms with Crippen LogP contribution in [0, 0.1) is 0 Å². The average Bonchev–Trinajstić information content (AvgIpc) is 3.35. The van der Waals surface area contributed by atoms with Gasteiger partial charge in [0.2, 0.25) is 0 Å². The summed E-state index contributed by atoms with van der Waals surface area (Å²) in [5.74, 6) is 12.4. The zero-order valence-electron chi connectivity index (χ0n) is 23.3. The van der Waals surface area contributed by atoms with Gasteiger partial charge in [0.05, 0.1) is 23.8 Å². The summed E-state index contributed by atoms with van der Waals surface area (Å²) in [6.07, 6.45) is 5.65. The zero-order chi connectivity index (χ0) is 28.7. The first kappa shape index (κ1) is 27.0. The molecule has 0 radical (unpaired) electrons. The summed E-state index contributed by atoms with van der Waals surface area (Å²) in [6.45, 7) is 0.908. The maximum Gasteiger partial charge on any atom is 0.0776 e. The average molecular weight is 552 g/mol. The summed E-state index contributed by atoms with van der Waals surface area (Å²) in [4.78, 5) is 0. The van der Waals surface area contributed by atoms with Crippen molar-refractivity contribution in [1.82, 2.24) is 4.57 Å². The van der Waals surface area contributed by atoms with Gasteiger partial charge in [-0.25, -0.2) is 11.7 Å². The third-order valence-electron chi connectivity index (χ3n) is 7.31. The van der Waals surface area contributed by atoms with Gasteiger partial charge in [0, 0.05) is 28.4 Å². The van der Waals surface area contributed by atoms with E-state index in [0.717, 1.165) is 52.7 Å². The lowest BCUT2D eigenvalue weighted by atomic mass is 10.1. The minimum Gasteiger partial charge on any atom is -0.340 e. The van der Waals surface area contributed by atoms with Crippen LogP contribution in [0.1, 0.15) is 23.1 Å². The molecule has 0 unspecified atom stereocenters. The Morgan fingerprint density at radius 3 is 1.50 bits per heavy atom. The number of nitrogens with two attached hydrogens (primary N) is 2. The molecule has 0 fully saturated rings. The monoisotopic (exact) mass is 551 g/mol. The highest BCUT2D eigenvalue weighted by Crippen LogP contribution is 2.31. The SMILES string of the molecule is NN(/N=C/c1ccc2c(c1)c1cc(/C=N/N(N)c3ccccc3)ccc1n2CCCc1ccccc1)c1ccccc1. The zero-order valence-corrected chi connectivity index (χ0v) is 23.3. The van der Waals surface area contributed by atoms with E-state index in [1.807, 2.05) is 60.7 Å². The van der Waals surface area contributed by atoms with Crippen molar-refractivity contribution in [2.75, 3.05) is 10.2 Å². The molecule has 1 heterocycles. The van der Waals surface area contributed by atoms with Crippen molar-refractivity contribution >= 4 is 45.6 Å². The van der Waals surface area contributed by atoms with Crippen molar-refractivity contribution in [3.05, 3.63) is 144 Å². The van der Waals surface area contributed by atoms with Crippen LogP contribution in [-0.2, 0) is 13.0 Å². The predicted octanol–water partition coefficient (Wildman–Crippen LogP) is 6.86. The first-order valence-electron chi connectivity index (χ1n) is 14.0. The number of aromatic nitrogens is 1. The lowest BCUT2D eigenvalue weighted by Gasteiger charge is -2.11. The van der Waals surface area contributed by atoms with E-state index in [-0.39, 0.29) is 0 Å². The van der Waals surface area contributed by atoms with E-state index in [1.54, 1.807) is 12.4 Å². The Morgan fingerprint density at radius 1 is 0.571 bits per heavy atom. The largest absolute Gasteiger partial charge is 0.340 e. The van der Waals surface area contributed by atoms with E-state index in [2.05, 4.69) is 81.5 Å². The van der Waals surface area contributed by atoms with Gasteiger partial charge in [-0.05, 0) is 78.1 Å². The molecule has 7 nitrogen and oxygen atoms in total. The fourth-order valence-electron chi connectivity index (χ4n) is 5.18. The van der Waals surface area contributed by atoms with Crippen molar-refractivity contribution in [3.63, 3.8) is 0 Å². The smallest absolute Gasteiger partial charge is 0.0776 e. The van der Waals surface area contributed by atoms with Gasteiger partial charge in [-0.3, -0.25) is 0 Å². The number of hydrazine groups is 2. The second-order valence-corrected chi connectivity index (χ2v) is 10.1. The van der Waals surface area contributed by atoms with E-state index < -0.39 is 0 Å². The molecule has 208 valence electrons. The third-order valence-corrected chi connectivity index (χ3v) is 7.31. The van der Waals surface area contributed by atoms with Crippen molar-refractivity contribution in [2.24, 2.45) is 21.9 Å². The van der Waals surface area contributed by atoms with Gasteiger partial charge >= 0.3 is 0 Å². The molecular weight excluding hydrogens is 518 g/mol. The molecule has 0 atom stereocenters. The van der Waals surface area contributed by atoms with Crippen molar-refractivity contribution in [1.29, 1.82) is 0 Å². The first-order chi connectivity index (χ1) is 20.7. The molecule has 0 saturated carbocycles. The predicted molar refractivity (Wildman–Crippen MR) is 176 cm³/mol. The molecule has 0 bridgehead atoms. The summed E-state index contributed by atoms with van der Waals surface area (Å²) in [5, 5.41) is 14.0. The van der Waals surface area contributed by atoms with Crippen LogP contribution >= 0.6 is 0 Å². The Morgan fingerprint density at radius 2 is 1.02 bits per heavy atom. The molecule has 5 aromatic carbocycles. The summed E-state index contributed by atoms with van der Waals surface area (Å²) < 4.78 is 2.41. The van der Waals surface area contributed by atoms with Gasteiger partial charge in [0.25, 0.3) is 0 Å². The van der Waals surface area contributed by atoms with Gasteiger partial charge in [0.15, 0.2) is 0 Å². The van der Waals surface area contributed by atoms with E-state index in [1.165, 1.54) is 26.8 Å². The van der Waals surface area contributed by atoms with Crippen LogP contribution in [-0.4, -0.2) is 17.0 Å². The minimum atomic E-state index is 0.818. The van der Waals surface area contributed by atoms with Crippen LogP contribution in [0.5, 0.6) is 0 Å². The molecule has 0 saturated heterocycles. The second kappa shape index (κ2) is 12.5. The van der Waals surface area contributed by atoms with Gasteiger partial charge in [-0.2, -0.15) is 20.4 Å². The van der Waals surface area contributed by atoms with Crippen molar-refractivity contribution in [2.45, 2.75) is 19.4 Å². The highest BCUT2D eigenvalue weighted by molar-refractivity contribution is 6.11. The van der Waals surface area contributed by atoms with Gasteiger partial charge < -0.3 is 4.57 Å². The molecule has 6 rings (SSSR count). The maximum absolute atomic E-state index is 6.18. The maximum atomic E-state index is 6.18. The molecule has 42 heavy (non-hydrogen) atoms. The number of anilines is 2. The van der Waals surface area contributed by atoms with Crippen LogP contribution in [0.2, 0.25) is 0 Å². The van der Waals surface area contributed by atoms with Crippen LogP contribution in [0.3, 0.4) is 0 Å². The molecular formula is C35H33N7. The van der Waals surface area contributed by atoms with Gasteiger partial charge in [0.1, 0.15) is 0 Å². The number of hydrazone groups is 2. The Bertz CT molecular complexity index is 1720. The molecule has 0 spiro atoms. The lowest BCUT2D eigenvalue weighted by Crippen LogP contribution is -2.24. The number of nitrogens with zero attached hydrogens (tertiary/aromatic N) is 5. The van der Waals surface area contributed by atoms with Crippen molar-refractivity contribution in [3.8, 4) is 0 Å². The van der Waals surface area contributed by atoms with Crippen LogP contribution in [0.25, 0.3) is 21.8 Å². The number of hydrogen-bond donors (Lipinski definition) is 2. The molecule has 0 aliphatic rings. The first-order valence-corrected chi connectivity index (χ1v) is 14.0. The van der Waals surface area contributed by atoms with Gasteiger partial charge in [-0.15, -0.1) is 0 Å². The molecule has 4 N–H and O–H groups in total. The van der Waals surface area contributed by atoms with E-state index in [4.69, 9.17) is 11.7 Å². The lowest BCUT2D eigenvalue weighted by molar-refractivity contribution is 0.678. The minimum absolute atomic E-state index is 0.818. The van der Waals surface area contributed by atoms with E-state index in [9.17, 15) is 0 Å². The number of aryl methyl sites for hydroxylation is 2. The third kappa shape index (κ3) is 6.07. The Hall–Kier alpha value is -5.24. The van der Waals surface area contributed by atoms with E-state index >= 15 is 0 Å². The Labute approximate surface area is 245 Å². The van der Waals surface area contributed by atoms with E-state index in [0.29, 0.717) is 0 Å². The molecule has 7 heteroatoms. The molecule has 0 aliphatic carbocycles. The number of hydrogen-bond acceptors (Lipinski definition) is 6. The highest BCUT2D eigenvalue weighted by atomic mass is 15.6. The highest BCUT2D eigenvalue weighted by Gasteiger charge is 2.12. The Kier molecular flexibility index (Phi) is 8.03. The summed E-state index contributed by atoms with van der Waals surface area (Å²) in [6, 6.07) is 42.9. The standard InChI is InChI=1S/C35H33N7/c36-41(30-14-6-2-7-15-30)38-25-28-18-20-34-32(23-28)33-24-29(26-39-42(37)31-16-8-3-9-17-31)19-21-35(33)40(34)22-10-13-27-11-4-1-5-12-27/h1-9,11-12,14-21,23-26H,10,13,22,36-37H2/b38-25+,39-26+. The number of rotatable bonds is 10. The summed E-state index contributed by atoms with van der Waals surface area (Å²) in [5.41, 5.74) is 7.28. The molecule has 1 aromatic heterocycles. The topological polar surface area (TPSA) is 88.2 Å². The van der Waals surface area contributed by atoms with Crippen LogP contribution < -0.4 is 21.9 Å². The fraction of sp³-hybridized carbons (Fsp3) is 0.0857. The van der Waals surface area contributed by atoms with Gasteiger partial charge in [-0.1, -0.05) is 78.9 Å². The normalized spacial score (nSPS) is 11.7. The molecule has 6 aromatic rings. The molecule has 0 aliphatic heterocycles. The summed E-state index contributed by atoms with van der Waals surface area (Å²) in [7, 11) is 0. The second-order valence-electron chi connectivity index (χ2n) is 10.1. The number of para-hydroxylation sites is 2. The number of benzene rings is 5. The summed E-state index contributed by atoms with van der Waals surface area (Å²) >= 11 is 0. The van der Waals surface area contributed by atoms with Crippen LogP contribution in [0.4, 0.5) is 11.4 Å². The molecule has 0 amide bonds. The van der Waals surface area contributed by atoms with Crippen LogP contribution in [0.15, 0.2) is 138 Å². The number of fused-ring (bicyclic) bond motifs is 3. The van der Waals surface area contributed by atoms with Crippen molar-refractivity contribution < 1.29 is 0 Å². The fourth-order valence-corrected chi connectivity index (χ4v) is 5.18.